The molecule has 1 aromatic rings. The molecule has 1 N–H and O–H groups in total. The van der Waals surface area contributed by atoms with E-state index in [4.69, 9.17) is 11.6 Å². The lowest BCUT2D eigenvalue weighted by Gasteiger charge is -2.15. The van der Waals surface area contributed by atoms with E-state index in [0.29, 0.717) is 16.9 Å². The Bertz CT molecular complexity index is 321. The van der Waals surface area contributed by atoms with Gasteiger partial charge in [0.1, 0.15) is 16.8 Å². The summed E-state index contributed by atoms with van der Waals surface area (Å²) in [6.45, 7) is 7.28. The van der Waals surface area contributed by atoms with Gasteiger partial charge in [0, 0.05) is 12.6 Å². The monoisotopic (exact) mass is 255 g/mol. The fourth-order valence-corrected chi connectivity index (χ4v) is 2.04. The van der Waals surface area contributed by atoms with E-state index >= 15 is 0 Å². The third-order valence-electron chi connectivity index (χ3n) is 2.92. The Balaban J connectivity index is 2.47. The highest BCUT2D eigenvalue weighted by Crippen LogP contribution is 2.15. The third kappa shape index (κ3) is 5.35. The summed E-state index contributed by atoms with van der Waals surface area (Å²) in [5, 5.41) is 3.85. The molecule has 0 saturated heterocycles. The number of hydrogen-bond donors (Lipinski definition) is 1. The summed E-state index contributed by atoms with van der Waals surface area (Å²) in [4.78, 5) is 8.36. The molecule has 1 rings (SSSR count). The molecule has 0 bridgehead atoms. The van der Waals surface area contributed by atoms with Crippen LogP contribution in [0.2, 0.25) is 5.15 Å². The van der Waals surface area contributed by atoms with E-state index in [0.717, 1.165) is 12.4 Å². The number of rotatable bonds is 7. The van der Waals surface area contributed by atoms with Crippen molar-refractivity contribution >= 4 is 17.4 Å². The molecule has 0 fully saturated rings. The summed E-state index contributed by atoms with van der Waals surface area (Å²) < 4.78 is 0. The molecule has 1 aromatic heterocycles. The van der Waals surface area contributed by atoms with Crippen LogP contribution in [0.5, 0.6) is 0 Å². The number of hydrogen-bond acceptors (Lipinski definition) is 3. The Morgan fingerprint density at radius 2 is 2.12 bits per heavy atom. The molecule has 4 heteroatoms. The van der Waals surface area contributed by atoms with Crippen LogP contribution < -0.4 is 5.32 Å². The first-order chi connectivity index (χ1) is 8.15. The summed E-state index contributed by atoms with van der Waals surface area (Å²) in [7, 11) is 0. The molecule has 3 nitrogen and oxygen atoms in total. The number of nitrogens with zero attached hydrogens (tertiary/aromatic N) is 2. The molecule has 0 unspecified atom stereocenters. The molecular weight excluding hydrogens is 234 g/mol. The van der Waals surface area contributed by atoms with Gasteiger partial charge < -0.3 is 5.32 Å². The maximum atomic E-state index is 5.89. The number of unbranched alkanes of at least 4 members (excludes halogenated alkanes) is 1. The van der Waals surface area contributed by atoms with E-state index in [9.17, 15) is 0 Å². The number of halogens is 1. The van der Waals surface area contributed by atoms with Gasteiger partial charge in [0.15, 0.2) is 0 Å². The molecule has 0 spiro atoms. The zero-order chi connectivity index (χ0) is 12.7. The fourth-order valence-electron chi connectivity index (χ4n) is 1.81. The Kier molecular flexibility index (Phi) is 6.27. The summed E-state index contributed by atoms with van der Waals surface area (Å²) >= 11 is 5.89. The highest BCUT2D eigenvalue weighted by atomic mass is 35.5. The molecule has 0 aliphatic carbocycles. The second kappa shape index (κ2) is 7.49. The van der Waals surface area contributed by atoms with Crippen LogP contribution in [-0.4, -0.2) is 16.5 Å². The average Bonchev–Trinajstić information content (AvgIpc) is 2.28. The van der Waals surface area contributed by atoms with Gasteiger partial charge in [-0.2, -0.15) is 0 Å². The normalized spacial score (nSPS) is 12.5. The SMILES string of the molecule is CCCC[C@@H](CC)CNc1cc(Cl)nc(C)n1. The summed E-state index contributed by atoms with van der Waals surface area (Å²) in [5.74, 6) is 2.25. The maximum Gasteiger partial charge on any atom is 0.134 e. The summed E-state index contributed by atoms with van der Waals surface area (Å²) in [6.07, 6.45) is 5.03. The number of anilines is 1. The van der Waals surface area contributed by atoms with Gasteiger partial charge in [0.25, 0.3) is 0 Å². The van der Waals surface area contributed by atoms with Crippen LogP contribution in [-0.2, 0) is 0 Å². The molecule has 0 radical (unpaired) electrons. The van der Waals surface area contributed by atoms with Gasteiger partial charge in [-0.3, -0.25) is 0 Å². The number of aryl methyl sites for hydroxylation is 1. The van der Waals surface area contributed by atoms with Gasteiger partial charge >= 0.3 is 0 Å². The lowest BCUT2D eigenvalue weighted by molar-refractivity contribution is 0.472. The molecule has 17 heavy (non-hydrogen) atoms. The van der Waals surface area contributed by atoms with Crippen molar-refractivity contribution in [2.45, 2.75) is 46.5 Å². The maximum absolute atomic E-state index is 5.89. The van der Waals surface area contributed by atoms with Crippen molar-refractivity contribution in [2.75, 3.05) is 11.9 Å². The first-order valence-electron chi connectivity index (χ1n) is 6.40. The minimum absolute atomic E-state index is 0.501. The molecule has 0 saturated carbocycles. The first kappa shape index (κ1) is 14.2. The van der Waals surface area contributed by atoms with Crippen molar-refractivity contribution in [3.63, 3.8) is 0 Å². The van der Waals surface area contributed by atoms with Gasteiger partial charge in [-0.05, 0) is 19.3 Å². The van der Waals surface area contributed by atoms with Gasteiger partial charge in [-0.15, -0.1) is 0 Å². The minimum Gasteiger partial charge on any atom is -0.370 e. The quantitative estimate of drug-likeness (QED) is 0.747. The van der Waals surface area contributed by atoms with E-state index in [1.165, 1.54) is 25.7 Å². The Morgan fingerprint density at radius 3 is 2.71 bits per heavy atom. The molecule has 96 valence electrons. The van der Waals surface area contributed by atoms with Crippen molar-refractivity contribution in [3.8, 4) is 0 Å². The first-order valence-corrected chi connectivity index (χ1v) is 6.78. The van der Waals surface area contributed by atoms with Crippen molar-refractivity contribution in [1.82, 2.24) is 9.97 Å². The van der Waals surface area contributed by atoms with Gasteiger partial charge in [0.05, 0.1) is 0 Å². The van der Waals surface area contributed by atoms with E-state index in [2.05, 4.69) is 29.1 Å². The van der Waals surface area contributed by atoms with Crippen molar-refractivity contribution in [2.24, 2.45) is 5.92 Å². The van der Waals surface area contributed by atoms with E-state index in [1.54, 1.807) is 6.07 Å². The lowest BCUT2D eigenvalue weighted by atomic mass is 9.99. The smallest absolute Gasteiger partial charge is 0.134 e. The van der Waals surface area contributed by atoms with Crippen molar-refractivity contribution in [3.05, 3.63) is 17.0 Å². The molecule has 0 aliphatic heterocycles. The topological polar surface area (TPSA) is 37.8 Å². The number of nitrogens with one attached hydrogen (secondary N) is 1. The molecule has 1 heterocycles. The zero-order valence-electron chi connectivity index (χ0n) is 11.0. The predicted molar refractivity (Wildman–Crippen MR) is 73.6 cm³/mol. The second-order valence-electron chi connectivity index (χ2n) is 4.42. The molecule has 0 aliphatic rings. The van der Waals surface area contributed by atoms with Crippen LogP contribution in [0.25, 0.3) is 0 Å². The van der Waals surface area contributed by atoms with Gasteiger partial charge in [-0.1, -0.05) is 44.7 Å². The van der Waals surface area contributed by atoms with Crippen molar-refractivity contribution < 1.29 is 0 Å². The van der Waals surface area contributed by atoms with Crippen LogP contribution in [0, 0.1) is 12.8 Å². The Hall–Kier alpha value is -0.830. The van der Waals surface area contributed by atoms with E-state index < -0.39 is 0 Å². The highest BCUT2D eigenvalue weighted by molar-refractivity contribution is 6.29. The Labute approximate surface area is 109 Å². The van der Waals surface area contributed by atoms with Crippen LogP contribution in [0.3, 0.4) is 0 Å². The fraction of sp³-hybridized carbons (Fsp3) is 0.692. The largest absolute Gasteiger partial charge is 0.370 e. The highest BCUT2D eigenvalue weighted by Gasteiger charge is 2.06. The summed E-state index contributed by atoms with van der Waals surface area (Å²) in [5.41, 5.74) is 0. The van der Waals surface area contributed by atoms with Crippen LogP contribution in [0.15, 0.2) is 6.07 Å². The molecular formula is C13H22ClN3. The molecule has 1 atom stereocenters. The predicted octanol–water partition coefficient (Wildman–Crippen LogP) is 4.07. The van der Waals surface area contributed by atoms with Crippen LogP contribution >= 0.6 is 11.6 Å². The standard InChI is InChI=1S/C13H22ClN3/c1-4-6-7-11(5-2)9-15-13-8-12(14)16-10(3)17-13/h8,11H,4-7,9H2,1-3H3,(H,15,16,17)/t11-/m1/s1. The van der Waals surface area contributed by atoms with Crippen LogP contribution in [0.1, 0.15) is 45.4 Å². The summed E-state index contributed by atoms with van der Waals surface area (Å²) in [6, 6.07) is 1.78. The van der Waals surface area contributed by atoms with Gasteiger partial charge in [0.2, 0.25) is 0 Å². The van der Waals surface area contributed by atoms with Gasteiger partial charge in [-0.25, -0.2) is 9.97 Å². The van der Waals surface area contributed by atoms with E-state index in [-0.39, 0.29) is 0 Å². The molecule has 0 aromatic carbocycles. The second-order valence-corrected chi connectivity index (χ2v) is 4.81. The number of aromatic nitrogens is 2. The lowest BCUT2D eigenvalue weighted by Crippen LogP contribution is -2.14. The minimum atomic E-state index is 0.501. The molecule has 0 amide bonds. The third-order valence-corrected chi connectivity index (χ3v) is 3.12. The zero-order valence-corrected chi connectivity index (χ0v) is 11.7. The Morgan fingerprint density at radius 1 is 1.35 bits per heavy atom. The van der Waals surface area contributed by atoms with Crippen molar-refractivity contribution in [1.29, 1.82) is 0 Å². The average molecular weight is 256 g/mol. The van der Waals surface area contributed by atoms with Crippen LogP contribution in [0.4, 0.5) is 5.82 Å². The van der Waals surface area contributed by atoms with E-state index in [1.807, 2.05) is 6.92 Å².